The van der Waals surface area contributed by atoms with Gasteiger partial charge in [-0.2, -0.15) is 0 Å². The van der Waals surface area contributed by atoms with Gasteiger partial charge in [-0.25, -0.2) is 9.67 Å². The molecule has 4 rings (SSSR count). The summed E-state index contributed by atoms with van der Waals surface area (Å²) in [7, 11) is 3.56. The number of aromatic nitrogens is 3. The smallest absolute Gasteiger partial charge is 0.260 e. The average molecular weight is 396 g/mol. The molecule has 2 aromatic heterocycles. The van der Waals surface area contributed by atoms with Crippen LogP contribution in [0, 0.1) is 13.8 Å². The number of carbonyl (C=O) groups is 1. The van der Waals surface area contributed by atoms with Gasteiger partial charge in [0.25, 0.3) is 5.91 Å². The van der Waals surface area contributed by atoms with Gasteiger partial charge >= 0.3 is 0 Å². The van der Waals surface area contributed by atoms with E-state index in [1.807, 2.05) is 45.2 Å². The molecule has 3 aromatic rings. The molecule has 0 N–H and O–H groups in total. The van der Waals surface area contributed by atoms with Crippen LogP contribution in [0.3, 0.4) is 0 Å². The summed E-state index contributed by atoms with van der Waals surface area (Å²) in [6, 6.07) is 7.69. The van der Waals surface area contributed by atoms with Crippen molar-refractivity contribution in [1.82, 2.24) is 19.7 Å². The molecule has 0 unspecified atom stereocenters. The number of nitrogens with zero attached hydrogens (tertiary/aromatic N) is 4. The van der Waals surface area contributed by atoms with Crippen LogP contribution in [0.4, 0.5) is 0 Å². The summed E-state index contributed by atoms with van der Waals surface area (Å²) in [5.41, 5.74) is 3.64. The van der Waals surface area contributed by atoms with Crippen molar-refractivity contribution in [3.63, 3.8) is 0 Å². The van der Waals surface area contributed by atoms with E-state index in [1.165, 1.54) is 0 Å². The third-order valence-corrected chi connectivity index (χ3v) is 4.87. The highest BCUT2D eigenvalue weighted by atomic mass is 16.6. The van der Waals surface area contributed by atoms with E-state index in [4.69, 9.17) is 14.2 Å². The third-order valence-electron chi connectivity index (χ3n) is 4.87. The van der Waals surface area contributed by atoms with E-state index in [1.54, 1.807) is 16.6 Å². The van der Waals surface area contributed by atoms with Crippen molar-refractivity contribution in [2.75, 3.05) is 26.9 Å². The monoisotopic (exact) mass is 396 g/mol. The van der Waals surface area contributed by atoms with Gasteiger partial charge in [-0.3, -0.25) is 4.79 Å². The van der Waals surface area contributed by atoms with E-state index in [2.05, 4.69) is 10.1 Å². The van der Waals surface area contributed by atoms with E-state index < -0.39 is 0 Å². The second-order valence-corrected chi connectivity index (χ2v) is 7.22. The van der Waals surface area contributed by atoms with Gasteiger partial charge in [0.2, 0.25) is 5.88 Å². The number of amides is 1. The quantitative estimate of drug-likeness (QED) is 0.659. The number of likely N-dealkylation sites (N-methyl/N-ethyl adjacent to an activating group) is 1. The van der Waals surface area contributed by atoms with Gasteiger partial charge in [0.1, 0.15) is 13.2 Å². The summed E-state index contributed by atoms with van der Waals surface area (Å²) in [6.45, 7) is 5.36. The second-order valence-electron chi connectivity index (χ2n) is 7.22. The molecule has 0 aliphatic carbocycles. The van der Waals surface area contributed by atoms with Crippen LogP contribution < -0.4 is 14.2 Å². The summed E-state index contributed by atoms with van der Waals surface area (Å²) in [5, 5.41) is 5.22. The molecule has 29 heavy (non-hydrogen) atoms. The van der Waals surface area contributed by atoms with Gasteiger partial charge in [0.15, 0.2) is 23.8 Å². The molecule has 0 saturated carbocycles. The largest absolute Gasteiger partial charge is 0.486 e. The van der Waals surface area contributed by atoms with Gasteiger partial charge in [-0.15, -0.1) is 5.10 Å². The molecular formula is C21H24N4O4. The molecule has 0 atom stereocenters. The van der Waals surface area contributed by atoms with E-state index in [0.717, 1.165) is 33.6 Å². The Morgan fingerprint density at radius 3 is 2.76 bits per heavy atom. The molecule has 0 fully saturated rings. The Bertz CT molecular complexity index is 1080. The molecule has 8 nitrogen and oxygen atoms in total. The van der Waals surface area contributed by atoms with Gasteiger partial charge in [0, 0.05) is 26.3 Å². The average Bonchev–Trinajstić information content (AvgIpc) is 3.01. The van der Waals surface area contributed by atoms with Crippen LogP contribution in [0.25, 0.3) is 11.0 Å². The maximum Gasteiger partial charge on any atom is 0.260 e. The van der Waals surface area contributed by atoms with Crippen LogP contribution in [0.1, 0.15) is 16.8 Å². The molecule has 1 aromatic carbocycles. The number of aryl methyl sites for hydroxylation is 3. The number of hydrogen-bond donors (Lipinski definition) is 0. The number of benzene rings is 1. The minimum absolute atomic E-state index is 0.0967. The van der Waals surface area contributed by atoms with Gasteiger partial charge in [0.05, 0.1) is 5.39 Å². The van der Waals surface area contributed by atoms with Crippen LogP contribution in [0.5, 0.6) is 17.4 Å². The molecule has 8 heteroatoms. The minimum Gasteiger partial charge on any atom is -0.486 e. The summed E-state index contributed by atoms with van der Waals surface area (Å²) in [4.78, 5) is 18.7. The Morgan fingerprint density at radius 2 is 1.97 bits per heavy atom. The minimum atomic E-state index is -0.142. The Labute approximate surface area is 169 Å². The van der Waals surface area contributed by atoms with Gasteiger partial charge in [-0.05, 0) is 43.2 Å². The van der Waals surface area contributed by atoms with Gasteiger partial charge < -0.3 is 19.1 Å². The van der Waals surface area contributed by atoms with Crippen molar-refractivity contribution in [3.8, 4) is 17.4 Å². The van der Waals surface area contributed by atoms with Crippen molar-refractivity contribution in [1.29, 1.82) is 0 Å². The van der Waals surface area contributed by atoms with E-state index in [9.17, 15) is 4.79 Å². The second kappa shape index (κ2) is 7.62. The molecule has 1 aliphatic heterocycles. The topological polar surface area (TPSA) is 78.7 Å². The van der Waals surface area contributed by atoms with Crippen molar-refractivity contribution < 1.29 is 19.0 Å². The predicted octanol–water partition coefficient (Wildman–Crippen LogP) is 2.39. The Balaban J connectivity index is 1.43. The molecule has 0 spiro atoms. The zero-order valence-electron chi connectivity index (χ0n) is 17.1. The van der Waals surface area contributed by atoms with Crippen molar-refractivity contribution in [2.45, 2.75) is 20.4 Å². The first kappa shape index (κ1) is 19.0. The molecule has 0 bridgehead atoms. The first-order valence-corrected chi connectivity index (χ1v) is 9.48. The van der Waals surface area contributed by atoms with Crippen LogP contribution in [-0.2, 0) is 18.4 Å². The first-order valence-electron chi connectivity index (χ1n) is 9.48. The van der Waals surface area contributed by atoms with Crippen LogP contribution >= 0.6 is 0 Å². The van der Waals surface area contributed by atoms with Crippen molar-refractivity contribution >= 4 is 16.9 Å². The number of fused-ring (bicyclic) bond motifs is 2. The maximum absolute atomic E-state index is 12.6. The Kier molecular flexibility index (Phi) is 5.00. The third kappa shape index (κ3) is 3.83. The summed E-state index contributed by atoms with van der Waals surface area (Å²) in [5.74, 6) is 1.73. The SMILES string of the molecule is Cc1cc(C)c2c(OCC(=O)N(C)Cc3ccc4c(c3)OCCO4)nn(C)c2n1. The lowest BCUT2D eigenvalue weighted by Gasteiger charge is -2.21. The maximum atomic E-state index is 12.6. The van der Waals surface area contributed by atoms with Gasteiger partial charge in [-0.1, -0.05) is 6.07 Å². The Hall–Kier alpha value is -3.29. The number of ether oxygens (including phenoxy) is 3. The fourth-order valence-electron chi connectivity index (χ4n) is 3.44. The predicted molar refractivity (Wildman–Crippen MR) is 107 cm³/mol. The van der Waals surface area contributed by atoms with Crippen molar-refractivity contribution in [3.05, 3.63) is 41.1 Å². The summed E-state index contributed by atoms with van der Waals surface area (Å²) >= 11 is 0. The molecule has 152 valence electrons. The molecule has 0 radical (unpaired) electrons. The van der Waals surface area contributed by atoms with E-state index >= 15 is 0 Å². The van der Waals surface area contributed by atoms with Crippen LogP contribution in [0.2, 0.25) is 0 Å². The molecule has 0 saturated heterocycles. The highest BCUT2D eigenvalue weighted by Gasteiger charge is 2.18. The fraction of sp³-hybridized carbons (Fsp3) is 0.381. The normalized spacial score (nSPS) is 12.8. The summed E-state index contributed by atoms with van der Waals surface area (Å²) < 4.78 is 18.6. The van der Waals surface area contributed by atoms with Crippen LogP contribution in [-0.4, -0.2) is 52.4 Å². The zero-order chi connectivity index (χ0) is 20.5. The first-order chi connectivity index (χ1) is 13.9. The number of pyridine rings is 1. The number of hydrogen-bond acceptors (Lipinski definition) is 6. The molecular weight excluding hydrogens is 372 g/mol. The molecule has 1 aliphatic rings. The zero-order valence-corrected chi connectivity index (χ0v) is 17.1. The summed E-state index contributed by atoms with van der Waals surface area (Å²) in [6.07, 6.45) is 0. The highest BCUT2D eigenvalue weighted by molar-refractivity contribution is 5.85. The lowest BCUT2D eigenvalue weighted by molar-refractivity contribution is -0.132. The highest BCUT2D eigenvalue weighted by Crippen LogP contribution is 2.31. The number of rotatable bonds is 5. The standard InChI is InChI=1S/C21H24N4O4/c1-13-9-14(2)22-20-19(13)21(23-25(20)4)29-12-18(26)24(3)11-15-5-6-16-17(10-15)28-8-7-27-16/h5-6,9-10H,7-8,11-12H2,1-4H3. The molecule has 3 heterocycles. The fourth-order valence-corrected chi connectivity index (χ4v) is 3.44. The lowest BCUT2D eigenvalue weighted by atomic mass is 10.2. The molecule has 1 amide bonds. The number of carbonyl (C=O) groups excluding carboxylic acids is 1. The van der Waals surface area contributed by atoms with E-state index in [-0.39, 0.29) is 12.5 Å². The Morgan fingerprint density at radius 1 is 1.21 bits per heavy atom. The van der Waals surface area contributed by atoms with Crippen LogP contribution in [0.15, 0.2) is 24.3 Å². The van der Waals surface area contributed by atoms with E-state index in [0.29, 0.717) is 31.4 Å². The van der Waals surface area contributed by atoms with Crippen molar-refractivity contribution in [2.24, 2.45) is 7.05 Å². The lowest BCUT2D eigenvalue weighted by Crippen LogP contribution is -2.31.